The first-order valence-electron chi connectivity index (χ1n) is 6.18. The highest BCUT2D eigenvalue weighted by Gasteiger charge is 2.18. The molecular formula is C13H17N3S. The van der Waals surface area contributed by atoms with Crippen LogP contribution in [0.4, 0.5) is 0 Å². The highest BCUT2D eigenvalue weighted by Crippen LogP contribution is 2.23. The van der Waals surface area contributed by atoms with Crippen molar-refractivity contribution in [2.75, 3.05) is 6.54 Å². The van der Waals surface area contributed by atoms with Crippen molar-refractivity contribution < 1.29 is 0 Å². The van der Waals surface area contributed by atoms with Gasteiger partial charge in [-0.1, -0.05) is 6.42 Å². The first-order valence-corrected chi connectivity index (χ1v) is 7.12. The number of nitrogens with zero attached hydrogens (tertiary/aromatic N) is 2. The Morgan fingerprint density at radius 1 is 1.47 bits per heavy atom. The molecule has 0 saturated carbocycles. The van der Waals surface area contributed by atoms with E-state index < -0.39 is 0 Å². The summed E-state index contributed by atoms with van der Waals surface area (Å²) in [6.45, 7) is 2.07. The molecule has 3 heterocycles. The molecule has 1 saturated heterocycles. The predicted molar refractivity (Wildman–Crippen MR) is 70.2 cm³/mol. The minimum atomic E-state index is 0.491. The molecule has 0 aliphatic carbocycles. The van der Waals surface area contributed by atoms with Crippen LogP contribution in [0.2, 0.25) is 0 Å². The van der Waals surface area contributed by atoms with E-state index in [2.05, 4.69) is 31.7 Å². The average Bonchev–Trinajstić information content (AvgIpc) is 3.02. The second kappa shape index (κ2) is 5.02. The molecule has 1 unspecified atom stereocenters. The number of hydrogen-bond acceptors (Lipinski definition) is 3. The maximum absolute atomic E-state index is 4.30. The van der Waals surface area contributed by atoms with Gasteiger partial charge in [0.25, 0.3) is 0 Å². The second-order valence-corrected chi connectivity index (χ2v) is 5.36. The van der Waals surface area contributed by atoms with Crippen molar-refractivity contribution in [2.24, 2.45) is 0 Å². The average molecular weight is 247 g/mol. The molecule has 1 aliphatic rings. The Bertz CT molecular complexity index is 455. The summed E-state index contributed by atoms with van der Waals surface area (Å²) in [5.41, 5.74) is 2.70. The van der Waals surface area contributed by atoms with Gasteiger partial charge in [0.05, 0.1) is 12.0 Å². The van der Waals surface area contributed by atoms with Gasteiger partial charge in [0.1, 0.15) is 0 Å². The Morgan fingerprint density at radius 2 is 2.47 bits per heavy atom. The Hall–Kier alpha value is -1.13. The molecule has 1 fully saturated rings. The van der Waals surface area contributed by atoms with Gasteiger partial charge < -0.3 is 9.88 Å². The molecule has 2 aromatic rings. The number of nitrogens with one attached hydrogen (secondary N) is 1. The van der Waals surface area contributed by atoms with Gasteiger partial charge in [-0.25, -0.2) is 4.98 Å². The zero-order valence-electron chi connectivity index (χ0n) is 9.80. The summed E-state index contributed by atoms with van der Waals surface area (Å²) >= 11 is 1.75. The molecule has 1 atom stereocenters. The molecule has 0 aromatic carbocycles. The Morgan fingerprint density at radius 3 is 3.24 bits per heavy atom. The fraction of sp³-hybridized carbons (Fsp3) is 0.462. The third-order valence-electron chi connectivity index (χ3n) is 3.34. The van der Waals surface area contributed by atoms with Gasteiger partial charge >= 0.3 is 0 Å². The van der Waals surface area contributed by atoms with Gasteiger partial charge in [-0.3, -0.25) is 0 Å². The number of imidazole rings is 1. The molecule has 3 rings (SSSR count). The zero-order valence-corrected chi connectivity index (χ0v) is 10.6. The van der Waals surface area contributed by atoms with Crippen molar-refractivity contribution in [3.05, 3.63) is 40.6 Å². The van der Waals surface area contributed by atoms with Crippen LogP contribution < -0.4 is 5.32 Å². The largest absolute Gasteiger partial charge is 0.329 e. The van der Waals surface area contributed by atoms with Crippen LogP contribution in [0.15, 0.2) is 29.4 Å². The van der Waals surface area contributed by atoms with Crippen LogP contribution in [0, 0.1) is 0 Å². The molecule has 2 aromatic heterocycles. The number of aromatic nitrogens is 2. The summed E-state index contributed by atoms with van der Waals surface area (Å²) in [5.74, 6) is 0. The molecule has 4 heteroatoms. The van der Waals surface area contributed by atoms with Crippen LogP contribution in [0.5, 0.6) is 0 Å². The van der Waals surface area contributed by atoms with E-state index in [4.69, 9.17) is 0 Å². The summed E-state index contributed by atoms with van der Waals surface area (Å²) in [4.78, 5) is 4.30. The van der Waals surface area contributed by atoms with Crippen molar-refractivity contribution in [1.82, 2.24) is 14.9 Å². The van der Waals surface area contributed by atoms with Crippen molar-refractivity contribution in [3.8, 4) is 0 Å². The van der Waals surface area contributed by atoms with E-state index in [1.807, 2.05) is 12.5 Å². The van der Waals surface area contributed by atoms with Gasteiger partial charge in [0.15, 0.2) is 0 Å². The highest BCUT2D eigenvalue weighted by atomic mass is 32.1. The van der Waals surface area contributed by atoms with E-state index in [0.717, 1.165) is 13.1 Å². The maximum Gasteiger partial charge on any atom is 0.0951 e. The Balaban J connectivity index is 1.78. The summed E-state index contributed by atoms with van der Waals surface area (Å²) in [6, 6.07) is 2.67. The monoisotopic (exact) mass is 247 g/mol. The molecule has 17 heavy (non-hydrogen) atoms. The fourth-order valence-electron chi connectivity index (χ4n) is 2.44. The molecule has 0 radical (unpaired) electrons. The quantitative estimate of drug-likeness (QED) is 0.904. The lowest BCUT2D eigenvalue weighted by atomic mass is 10.0. The van der Waals surface area contributed by atoms with E-state index in [0.29, 0.717) is 6.04 Å². The van der Waals surface area contributed by atoms with E-state index in [1.54, 1.807) is 11.3 Å². The lowest BCUT2D eigenvalue weighted by molar-refractivity contribution is 0.396. The smallest absolute Gasteiger partial charge is 0.0951 e. The van der Waals surface area contributed by atoms with Crippen molar-refractivity contribution in [2.45, 2.75) is 31.8 Å². The molecule has 0 spiro atoms. The van der Waals surface area contributed by atoms with Crippen molar-refractivity contribution in [3.63, 3.8) is 0 Å². The number of hydrogen-bond donors (Lipinski definition) is 1. The van der Waals surface area contributed by atoms with Crippen LogP contribution in [-0.2, 0) is 6.54 Å². The molecule has 1 aliphatic heterocycles. The van der Waals surface area contributed by atoms with E-state index in [1.165, 1.54) is 30.5 Å². The predicted octanol–water partition coefficient (Wildman–Crippen LogP) is 2.81. The summed E-state index contributed by atoms with van der Waals surface area (Å²) < 4.78 is 2.27. The van der Waals surface area contributed by atoms with Crippen LogP contribution in [0.3, 0.4) is 0 Å². The van der Waals surface area contributed by atoms with Crippen molar-refractivity contribution in [1.29, 1.82) is 0 Å². The minimum Gasteiger partial charge on any atom is -0.329 e. The third kappa shape index (κ3) is 2.42. The Kier molecular flexibility index (Phi) is 3.25. The van der Waals surface area contributed by atoms with Gasteiger partial charge in [0.2, 0.25) is 0 Å². The zero-order chi connectivity index (χ0) is 11.5. The van der Waals surface area contributed by atoms with Crippen LogP contribution in [-0.4, -0.2) is 16.1 Å². The number of rotatable bonds is 3. The summed E-state index contributed by atoms with van der Waals surface area (Å²) in [7, 11) is 0. The molecule has 3 nitrogen and oxygen atoms in total. The van der Waals surface area contributed by atoms with Crippen LogP contribution >= 0.6 is 11.3 Å². The maximum atomic E-state index is 4.30. The van der Waals surface area contributed by atoms with E-state index >= 15 is 0 Å². The number of piperidine rings is 1. The first-order chi connectivity index (χ1) is 8.43. The summed E-state index contributed by atoms with van der Waals surface area (Å²) in [5, 5.41) is 7.92. The SMILES string of the molecule is c1cc(Cn2cncc2C2CCCCN2)cs1. The van der Waals surface area contributed by atoms with Gasteiger partial charge in [-0.15, -0.1) is 0 Å². The molecular weight excluding hydrogens is 230 g/mol. The standard InChI is InChI=1S/C13H17N3S/c1-2-5-15-12(3-1)13-7-14-10-16(13)8-11-4-6-17-9-11/h4,6-7,9-10,12,15H,1-3,5,8H2. The topological polar surface area (TPSA) is 29.9 Å². The van der Waals surface area contributed by atoms with Crippen LogP contribution in [0.1, 0.15) is 36.6 Å². The minimum absolute atomic E-state index is 0.491. The van der Waals surface area contributed by atoms with Gasteiger partial charge in [-0.05, 0) is 41.8 Å². The third-order valence-corrected chi connectivity index (χ3v) is 4.08. The Labute approximate surface area is 106 Å². The van der Waals surface area contributed by atoms with E-state index in [-0.39, 0.29) is 0 Å². The molecule has 1 N–H and O–H groups in total. The fourth-order valence-corrected chi connectivity index (χ4v) is 3.10. The lowest BCUT2D eigenvalue weighted by Crippen LogP contribution is -2.28. The number of thiophene rings is 1. The van der Waals surface area contributed by atoms with Crippen molar-refractivity contribution >= 4 is 11.3 Å². The van der Waals surface area contributed by atoms with Crippen LogP contribution in [0.25, 0.3) is 0 Å². The lowest BCUT2D eigenvalue weighted by Gasteiger charge is -2.24. The van der Waals surface area contributed by atoms with Gasteiger partial charge in [-0.2, -0.15) is 11.3 Å². The summed E-state index contributed by atoms with van der Waals surface area (Å²) in [6.07, 6.45) is 7.81. The van der Waals surface area contributed by atoms with E-state index in [9.17, 15) is 0 Å². The van der Waals surface area contributed by atoms with Gasteiger partial charge in [0, 0.05) is 18.8 Å². The first kappa shape index (κ1) is 11.0. The molecule has 0 amide bonds. The molecule has 90 valence electrons. The normalized spacial score (nSPS) is 20.6. The molecule has 0 bridgehead atoms. The second-order valence-electron chi connectivity index (χ2n) is 4.58. The highest BCUT2D eigenvalue weighted by molar-refractivity contribution is 7.07.